The molecule has 1 unspecified atom stereocenters. The maximum Gasteiger partial charge on any atom is 0.417 e. The number of hydrogen-bond acceptors (Lipinski definition) is 1. The number of benzene rings is 2. The van der Waals surface area contributed by atoms with Crippen molar-refractivity contribution in [1.29, 1.82) is 0 Å². The van der Waals surface area contributed by atoms with Crippen LogP contribution in [0.15, 0.2) is 84.7 Å². The molecule has 0 radical (unpaired) electrons. The van der Waals surface area contributed by atoms with E-state index in [4.69, 9.17) is 16.3 Å². The maximum atomic E-state index is 13.4. The molecule has 0 N–H and O–H groups in total. The molecular formula is C30H24ClF3O. The summed E-state index contributed by atoms with van der Waals surface area (Å²) >= 11 is 5.85. The highest BCUT2D eigenvalue weighted by molar-refractivity contribution is 6.31. The molecule has 6 rings (SSSR count). The van der Waals surface area contributed by atoms with Crippen molar-refractivity contribution < 1.29 is 17.9 Å². The molecule has 3 aliphatic carbocycles. The zero-order chi connectivity index (χ0) is 24.4. The summed E-state index contributed by atoms with van der Waals surface area (Å²) in [5.74, 6) is -0.224. The van der Waals surface area contributed by atoms with Gasteiger partial charge in [0.2, 0.25) is 0 Å². The Labute approximate surface area is 207 Å². The molecule has 0 fully saturated rings. The van der Waals surface area contributed by atoms with Crippen LogP contribution in [0.5, 0.6) is 0 Å². The lowest BCUT2D eigenvalue weighted by molar-refractivity contribution is -0.137. The van der Waals surface area contributed by atoms with Gasteiger partial charge >= 0.3 is 6.18 Å². The minimum atomic E-state index is -4.47. The molecule has 178 valence electrons. The van der Waals surface area contributed by atoms with Crippen LogP contribution >= 0.6 is 11.6 Å². The average Bonchev–Trinajstić information content (AvgIpc) is 2.89. The summed E-state index contributed by atoms with van der Waals surface area (Å²) in [6, 6.07) is 8.52. The van der Waals surface area contributed by atoms with E-state index in [9.17, 15) is 13.2 Å². The molecule has 1 aliphatic heterocycles. The fourth-order valence-electron chi connectivity index (χ4n) is 5.00. The van der Waals surface area contributed by atoms with Crippen molar-refractivity contribution in [3.05, 3.63) is 122 Å². The average molecular weight is 493 g/mol. The van der Waals surface area contributed by atoms with Crippen LogP contribution in [-0.4, -0.2) is 6.61 Å². The van der Waals surface area contributed by atoms with Gasteiger partial charge < -0.3 is 4.74 Å². The molecule has 2 aromatic rings. The highest BCUT2D eigenvalue weighted by Gasteiger charge is 2.34. The minimum absolute atomic E-state index is 0.224. The van der Waals surface area contributed by atoms with Crippen molar-refractivity contribution in [1.82, 2.24) is 0 Å². The first-order valence-electron chi connectivity index (χ1n) is 11.6. The summed E-state index contributed by atoms with van der Waals surface area (Å²) in [7, 11) is 0. The molecule has 0 saturated heterocycles. The Kier molecular flexibility index (Phi) is 6.57. The second kappa shape index (κ2) is 9.79. The first-order valence-corrected chi connectivity index (χ1v) is 12.0. The Hall–Kier alpha value is -3.24. The molecule has 1 heterocycles. The van der Waals surface area contributed by atoms with Crippen LogP contribution < -0.4 is 10.4 Å². The first-order chi connectivity index (χ1) is 16.9. The van der Waals surface area contributed by atoms with Crippen molar-refractivity contribution in [3.63, 3.8) is 0 Å². The highest BCUT2D eigenvalue weighted by atomic mass is 35.5. The van der Waals surface area contributed by atoms with E-state index in [1.54, 1.807) is 12.3 Å². The molecule has 0 bridgehead atoms. The monoisotopic (exact) mass is 492 g/mol. The topological polar surface area (TPSA) is 9.23 Å². The second-order valence-electron chi connectivity index (χ2n) is 8.74. The Morgan fingerprint density at radius 1 is 1.00 bits per heavy atom. The predicted octanol–water partition coefficient (Wildman–Crippen LogP) is 7.02. The standard InChI is InChI=1S/C25H18ClF3.C5H6O/c26-23-13-10-17(14-22(23)25(27,28)29)19-7-3-5-16-9-11-20-18-6-2-1-4-15(18)8-12-21(20)24(16)19;1-2-4-6-5-3-1/h1,3-5,7-8,10-14,19H,2,6,9H2;1-4H,5H2. The van der Waals surface area contributed by atoms with Crippen molar-refractivity contribution in [2.45, 2.75) is 31.4 Å². The molecule has 0 spiro atoms. The zero-order valence-corrected chi connectivity index (χ0v) is 19.7. The highest BCUT2D eigenvalue weighted by Crippen LogP contribution is 2.41. The molecule has 0 aromatic heterocycles. The number of halogens is 4. The van der Waals surface area contributed by atoms with E-state index in [1.165, 1.54) is 34.1 Å². The number of rotatable bonds is 1. The van der Waals surface area contributed by atoms with Crippen LogP contribution in [0.25, 0.3) is 17.7 Å². The summed E-state index contributed by atoms with van der Waals surface area (Å²) in [4.78, 5) is 0. The molecule has 2 aromatic carbocycles. The third-order valence-corrected chi connectivity index (χ3v) is 6.92. The fraction of sp³-hybridized carbons (Fsp3) is 0.200. The molecule has 5 heteroatoms. The van der Waals surface area contributed by atoms with Crippen molar-refractivity contribution in [2.75, 3.05) is 6.61 Å². The molecule has 4 aliphatic rings. The van der Waals surface area contributed by atoms with Gasteiger partial charge in [0.1, 0.15) is 6.61 Å². The summed E-state index contributed by atoms with van der Waals surface area (Å²) in [5.41, 5.74) is 4.70. The molecule has 1 nitrogen and oxygen atoms in total. The lowest BCUT2D eigenvalue weighted by Gasteiger charge is -2.27. The van der Waals surface area contributed by atoms with Crippen LogP contribution in [0, 0.1) is 0 Å². The fourth-order valence-corrected chi connectivity index (χ4v) is 5.22. The van der Waals surface area contributed by atoms with E-state index in [0.717, 1.165) is 36.7 Å². The van der Waals surface area contributed by atoms with E-state index in [0.29, 0.717) is 5.56 Å². The number of fused-ring (bicyclic) bond motifs is 4. The first kappa shape index (κ1) is 23.5. The van der Waals surface area contributed by atoms with Gasteiger partial charge in [-0.1, -0.05) is 72.3 Å². The van der Waals surface area contributed by atoms with Crippen LogP contribution in [0.1, 0.15) is 41.0 Å². The van der Waals surface area contributed by atoms with Gasteiger partial charge in [-0.3, -0.25) is 0 Å². The van der Waals surface area contributed by atoms with Crippen LogP contribution in [0.4, 0.5) is 13.2 Å². The van der Waals surface area contributed by atoms with Crippen molar-refractivity contribution in [3.8, 4) is 0 Å². The number of alkyl halides is 3. The van der Waals surface area contributed by atoms with Crippen LogP contribution in [-0.2, 0) is 17.3 Å². The zero-order valence-electron chi connectivity index (χ0n) is 19.0. The third kappa shape index (κ3) is 4.81. The van der Waals surface area contributed by atoms with E-state index in [2.05, 4.69) is 36.4 Å². The van der Waals surface area contributed by atoms with Gasteiger partial charge in [0.25, 0.3) is 0 Å². The van der Waals surface area contributed by atoms with E-state index in [1.807, 2.05) is 30.4 Å². The molecule has 0 saturated carbocycles. The summed E-state index contributed by atoms with van der Waals surface area (Å²) in [6.45, 7) is 0.733. The predicted molar refractivity (Wildman–Crippen MR) is 136 cm³/mol. The lowest BCUT2D eigenvalue weighted by Crippen LogP contribution is -2.36. The van der Waals surface area contributed by atoms with Gasteiger partial charge in [0.15, 0.2) is 0 Å². The smallest absolute Gasteiger partial charge is 0.417 e. The lowest BCUT2D eigenvalue weighted by atomic mass is 9.77. The molecule has 35 heavy (non-hydrogen) atoms. The van der Waals surface area contributed by atoms with Crippen LogP contribution in [0.2, 0.25) is 5.02 Å². The molecular weight excluding hydrogens is 469 g/mol. The van der Waals surface area contributed by atoms with Gasteiger partial charge in [0.05, 0.1) is 16.8 Å². The van der Waals surface area contributed by atoms with Crippen LogP contribution in [0.3, 0.4) is 0 Å². The number of allylic oxidation sites excluding steroid dienone is 7. The summed E-state index contributed by atoms with van der Waals surface area (Å²) in [5, 5.41) is 2.11. The molecule has 1 atom stereocenters. The Balaban J connectivity index is 0.000000371. The van der Waals surface area contributed by atoms with Gasteiger partial charge in [-0.15, -0.1) is 0 Å². The van der Waals surface area contributed by atoms with Crippen molar-refractivity contribution in [2.24, 2.45) is 0 Å². The van der Waals surface area contributed by atoms with Gasteiger partial charge in [-0.25, -0.2) is 0 Å². The quantitative estimate of drug-likeness (QED) is 0.415. The van der Waals surface area contributed by atoms with Gasteiger partial charge in [-0.05, 0) is 81.8 Å². The van der Waals surface area contributed by atoms with E-state index in [-0.39, 0.29) is 10.9 Å². The number of ether oxygens (including phenoxy) is 1. The number of hydrogen-bond donors (Lipinski definition) is 0. The normalized spacial score (nSPS) is 19.4. The summed E-state index contributed by atoms with van der Waals surface area (Å²) < 4.78 is 45.1. The largest absolute Gasteiger partial charge is 0.497 e. The SMILES string of the molecule is C1=CCOC=C1.FC(F)(F)c1cc(C2C=CC=C3CC=c4c5c(ccc4=C32)C=CCC5)ccc1Cl. The Morgan fingerprint density at radius 3 is 2.60 bits per heavy atom. The summed E-state index contributed by atoms with van der Waals surface area (Å²) in [6.07, 6.45) is 18.4. The third-order valence-electron chi connectivity index (χ3n) is 6.60. The van der Waals surface area contributed by atoms with E-state index >= 15 is 0 Å². The Morgan fingerprint density at radius 2 is 1.89 bits per heavy atom. The van der Waals surface area contributed by atoms with Gasteiger partial charge in [0, 0.05) is 5.92 Å². The minimum Gasteiger partial charge on any atom is -0.497 e. The van der Waals surface area contributed by atoms with Crippen molar-refractivity contribution >= 4 is 29.3 Å². The maximum absolute atomic E-state index is 13.4. The van der Waals surface area contributed by atoms with E-state index < -0.39 is 11.7 Å². The van der Waals surface area contributed by atoms with Gasteiger partial charge in [-0.2, -0.15) is 13.2 Å². The Bertz CT molecular complexity index is 1410. The second-order valence-corrected chi connectivity index (χ2v) is 9.15. The molecule has 0 amide bonds.